The number of hydrogen-bond donors (Lipinski definition) is 1. The predicted molar refractivity (Wildman–Crippen MR) is 70.9 cm³/mol. The summed E-state index contributed by atoms with van der Waals surface area (Å²) in [5.74, 6) is -0.854. The maximum atomic E-state index is 11.6. The lowest BCUT2D eigenvalue weighted by Gasteiger charge is -2.08. The van der Waals surface area contributed by atoms with Crippen LogP contribution in [0.3, 0.4) is 0 Å². The number of halogens is 1. The molecule has 96 valence electrons. The Morgan fingerprint density at radius 1 is 1.33 bits per heavy atom. The molecule has 4 nitrogen and oxygen atoms in total. The van der Waals surface area contributed by atoms with E-state index < -0.39 is 5.97 Å². The lowest BCUT2D eigenvalue weighted by molar-refractivity contribution is -0.111. The van der Waals surface area contributed by atoms with Gasteiger partial charge in [-0.25, -0.2) is 4.79 Å². The van der Waals surface area contributed by atoms with Crippen LogP contribution in [0, 0.1) is 0 Å². The zero-order valence-electron chi connectivity index (χ0n) is 10.4. The first-order valence-electron chi connectivity index (χ1n) is 5.27. The van der Waals surface area contributed by atoms with Crippen LogP contribution in [-0.2, 0) is 9.53 Å². The summed E-state index contributed by atoms with van der Waals surface area (Å²) in [6, 6.07) is 4.60. The number of rotatable bonds is 3. The molecule has 1 aromatic rings. The first kappa shape index (κ1) is 14.3. The average molecular weight is 268 g/mol. The molecule has 1 amide bonds. The summed E-state index contributed by atoms with van der Waals surface area (Å²) < 4.78 is 4.63. The zero-order valence-corrected chi connectivity index (χ0v) is 11.2. The Morgan fingerprint density at radius 3 is 2.56 bits per heavy atom. The molecule has 0 heterocycles. The van der Waals surface area contributed by atoms with Crippen LogP contribution in [0.15, 0.2) is 29.8 Å². The smallest absolute Gasteiger partial charge is 0.340 e. The fourth-order valence-corrected chi connectivity index (χ4v) is 1.51. The highest BCUT2D eigenvalue weighted by Crippen LogP contribution is 2.21. The zero-order chi connectivity index (χ0) is 13.7. The van der Waals surface area contributed by atoms with Gasteiger partial charge in [0.25, 0.3) is 0 Å². The minimum Gasteiger partial charge on any atom is -0.465 e. The molecule has 0 unspecified atom stereocenters. The molecule has 0 aliphatic carbocycles. The van der Waals surface area contributed by atoms with E-state index in [4.69, 9.17) is 11.6 Å². The van der Waals surface area contributed by atoms with Gasteiger partial charge in [-0.15, -0.1) is 0 Å². The number of methoxy groups -OCH3 is 1. The highest BCUT2D eigenvalue weighted by Gasteiger charge is 2.13. The first-order chi connectivity index (χ1) is 8.43. The molecule has 0 fully saturated rings. The van der Waals surface area contributed by atoms with Crippen molar-refractivity contribution in [3.63, 3.8) is 0 Å². The number of amides is 1. The topological polar surface area (TPSA) is 55.4 Å². The van der Waals surface area contributed by atoms with Crippen LogP contribution in [0.5, 0.6) is 0 Å². The molecule has 0 spiro atoms. The van der Waals surface area contributed by atoms with E-state index >= 15 is 0 Å². The molecule has 0 saturated carbocycles. The van der Waals surface area contributed by atoms with E-state index in [1.165, 1.54) is 19.3 Å². The van der Waals surface area contributed by atoms with Crippen LogP contribution in [0.1, 0.15) is 24.2 Å². The molecule has 18 heavy (non-hydrogen) atoms. The van der Waals surface area contributed by atoms with Crippen LogP contribution in [0.4, 0.5) is 5.69 Å². The normalized spacial score (nSPS) is 9.56. The number of anilines is 1. The van der Waals surface area contributed by atoms with E-state index in [1.807, 2.05) is 13.8 Å². The lowest BCUT2D eigenvalue weighted by Crippen LogP contribution is -2.13. The van der Waals surface area contributed by atoms with Crippen LogP contribution in [0.2, 0.25) is 5.02 Å². The number of esters is 1. The fraction of sp³-hybridized carbons (Fsp3) is 0.231. The van der Waals surface area contributed by atoms with E-state index in [0.717, 1.165) is 5.57 Å². The summed E-state index contributed by atoms with van der Waals surface area (Å²) in [5, 5.41) is 3.01. The maximum Gasteiger partial charge on any atom is 0.340 e. The van der Waals surface area contributed by atoms with E-state index in [1.54, 1.807) is 12.1 Å². The van der Waals surface area contributed by atoms with Crippen molar-refractivity contribution in [2.45, 2.75) is 13.8 Å². The van der Waals surface area contributed by atoms with E-state index in [9.17, 15) is 9.59 Å². The molecule has 1 rings (SSSR count). The molecule has 0 aliphatic heterocycles. The van der Waals surface area contributed by atoms with Crippen molar-refractivity contribution >= 4 is 29.2 Å². The third-order valence-electron chi connectivity index (χ3n) is 2.06. The lowest BCUT2D eigenvalue weighted by atomic mass is 10.1. The number of nitrogens with one attached hydrogen (secondary N) is 1. The molecule has 5 heteroatoms. The summed E-state index contributed by atoms with van der Waals surface area (Å²) in [6.45, 7) is 3.62. The Balaban J connectivity index is 3.05. The van der Waals surface area contributed by atoms with Crippen molar-refractivity contribution in [1.82, 2.24) is 0 Å². The van der Waals surface area contributed by atoms with Gasteiger partial charge in [0, 0.05) is 11.1 Å². The monoisotopic (exact) mass is 267 g/mol. The van der Waals surface area contributed by atoms with E-state index in [2.05, 4.69) is 10.1 Å². The van der Waals surface area contributed by atoms with Gasteiger partial charge in [0.05, 0.1) is 18.4 Å². The molecule has 0 atom stereocenters. The minimum absolute atomic E-state index is 0.223. The van der Waals surface area contributed by atoms with Crippen molar-refractivity contribution in [2.24, 2.45) is 0 Å². The SMILES string of the molecule is COC(=O)c1cc(Cl)ccc1NC(=O)C=C(C)C. The molecular weight excluding hydrogens is 254 g/mol. The summed E-state index contributed by atoms with van der Waals surface area (Å²) in [4.78, 5) is 23.1. The second kappa shape index (κ2) is 6.21. The van der Waals surface area contributed by atoms with Gasteiger partial charge in [0.15, 0.2) is 0 Å². The van der Waals surface area contributed by atoms with Crippen molar-refractivity contribution in [3.05, 3.63) is 40.4 Å². The molecule has 0 aromatic heterocycles. The van der Waals surface area contributed by atoms with E-state index in [-0.39, 0.29) is 11.5 Å². The van der Waals surface area contributed by atoms with E-state index in [0.29, 0.717) is 10.7 Å². The Hall–Kier alpha value is -1.81. The van der Waals surface area contributed by atoms with Gasteiger partial charge in [0.1, 0.15) is 0 Å². The summed E-state index contributed by atoms with van der Waals surface area (Å²) >= 11 is 5.81. The Labute approximate surface area is 111 Å². The standard InChI is InChI=1S/C13H14ClNO3/c1-8(2)6-12(16)15-11-5-4-9(14)7-10(11)13(17)18-3/h4-7H,1-3H3,(H,15,16). The quantitative estimate of drug-likeness (QED) is 0.676. The summed E-state index contributed by atoms with van der Waals surface area (Å²) in [6.07, 6.45) is 1.44. The number of benzene rings is 1. The van der Waals surface area contributed by atoms with Gasteiger partial charge < -0.3 is 10.1 Å². The third-order valence-corrected chi connectivity index (χ3v) is 2.30. The van der Waals surface area contributed by atoms with Gasteiger partial charge in [-0.1, -0.05) is 17.2 Å². The predicted octanol–water partition coefficient (Wildman–Crippen LogP) is 3.03. The van der Waals surface area contributed by atoms with Gasteiger partial charge >= 0.3 is 5.97 Å². The number of carbonyl (C=O) groups is 2. The van der Waals surface area contributed by atoms with Gasteiger partial charge in [-0.05, 0) is 32.0 Å². The Morgan fingerprint density at radius 2 is 2.00 bits per heavy atom. The average Bonchev–Trinajstić information content (AvgIpc) is 2.29. The highest BCUT2D eigenvalue weighted by atomic mass is 35.5. The molecule has 1 N–H and O–H groups in total. The second-order valence-corrected chi connectivity index (χ2v) is 4.33. The fourth-order valence-electron chi connectivity index (χ4n) is 1.34. The van der Waals surface area contributed by atoms with Crippen molar-refractivity contribution in [2.75, 3.05) is 12.4 Å². The number of carbonyl (C=O) groups excluding carboxylic acids is 2. The first-order valence-corrected chi connectivity index (χ1v) is 5.65. The number of hydrogen-bond acceptors (Lipinski definition) is 3. The van der Waals surface area contributed by atoms with Crippen LogP contribution in [0.25, 0.3) is 0 Å². The molecule has 0 radical (unpaired) electrons. The Bertz CT molecular complexity index is 505. The minimum atomic E-state index is -0.551. The molecular formula is C13H14ClNO3. The second-order valence-electron chi connectivity index (χ2n) is 3.89. The number of allylic oxidation sites excluding steroid dienone is 1. The van der Waals surface area contributed by atoms with Crippen molar-refractivity contribution in [1.29, 1.82) is 0 Å². The van der Waals surface area contributed by atoms with Crippen LogP contribution in [-0.4, -0.2) is 19.0 Å². The summed E-state index contributed by atoms with van der Waals surface area (Å²) in [7, 11) is 1.27. The van der Waals surface area contributed by atoms with Crippen molar-refractivity contribution in [3.8, 4) is 0 Å². The van der Waals surface area contributed by atoms with Gasteiger partial charge in [-0.2, -0.15) is 0 Å². The Kier molecular flexibility index (Phi) is 4.92. The molecule has 0 saturated heterocycles. The van der Waals surface area contributed by atoms with Gasteiger partial charge in [0.2, 0.25) is 5.91 Å². The summed E-state index contributed by atoms with van der Waals surface area (Å²) in [5.41, 5.74) is 1.45. The highest BCUT2D eigenvalue weighted by molar-refractivity contribution is 6.31. The maximum absolute atomic E-state index is 11.6. The van der Waals surface area contributed by atoms with Crippen LogP contribution < -0.4 is 5.32 Å². The van der Waals surface area contributed by atoms with Crippen molar-refractivity contribution < 1.29 is 14.3 Å². The van der Waals surface area contributed by atoms with Crippen LogP contribution >= 0.6 is 11.6 Å². The van der Waals surface area contributed by atoms with Gasteiger partial charge in [-0.3, -0.25) is 4.79 Å². The molecule has 0 bridgehead atoms. The third kappa shape index (κ3) is 3.89. The number of ether oxygens (including phenoxy) is 1. The molecule has 0 aliphatic rings. The molecule has 1 aromatic carbocycles. The largest absolute Gasteiger partial charge is 0.465 e.